The van der Waals surface area contributed by atoms with Crippen LogP contribution in [0.15, 0.2) is 41.6 Å². The number of benzene rings is 1. The summed E-state index contributed by atoms with van der Waals surface area (Å²) in [6, 6.07) is 6.94. The van der Waals surface area contributed by atoms with Gasteiger partial charge in [-0.2, -0.15) is 8.42 Å². The van der Waals surface area contributed by atoms with Crippen molar-refractivity contribution >= 4 is 27.1 Å². The summed E-state index contributed by atoms with van der Waals surface area (Å²) in [5.74, 6) is 0. The third kappa shape index (κ3) is 3.08. The Kier molecular flexibility index (Phi) is 3.76. The number of anilines is 2. The topological polar surface area (TPSA) is 128 Å². The molecule has 2 aromatic rings. The van der Waals surface area contributed by atoms with E-state index >= 15 is 0 Å². The third-order valence-electron chi connectivity index (χ3n) is 2.71. The first kappa shape index (κ1) is 14.7. The monoisotopic (exact) mass is 308 g/mol. The Morgan fingerprint density at radius 1 is 1.33 bits per heavy atom. The molecule has 0 fully saturated rings. The molecule has 8 nitrogen and oxygen atoms in total. The lowest BCUT2D eigenvalue weighted by molar-refractivity contribution is -0.385. The molecule has 0 radical (unpaired) electrons. The van der Waals surface area contributed by atoms with E-state index in [4.69, 9.17) is 5.73 Å². The van der Waals surface area contributed by atoms with Crippen LogP contribution in [0.4, 0.5) is 17.1 Å². The van der Waals surface area contributed by atoms with Gasteiger partial charge < -0.3 is 5.73 Å². The Morgan fingerprint density at radius 3 is 2.67 bits per heavy atom. The molecule has 0 spiro atoms. The number of nitro groups is 1. The lowest BCUT2D eigenvalue weighted by Gasteiger charge is -2.09. The second kappa shape index (κ2) is 5.37. The Bertz CT molecular complexity index is 805. The number of pyridine rings is 1. The first-order chi connectivity index (χ1) is 9.81. The highest BCUT2D eigenvalue weighted by Gasteiger charge is 2.20. The van der Waals surface area contributed by atoms with Crippen molar-refractivity contribution in [2.45, 2.75) is 11.9 Å². The summed E-state index contributed by atoms with van der Waals surface area (Å²) in [6.45, 7) is 1.56. The van der Waals surface area contributed by atoms with Gasteiger partial charge in [-0.3, -0.25) is 14.8 Å². The predicted octanol–water partition coefficient (Wildman–Crippen LogP) is 1.68. The molecule has 0 aliphatic rings. The first-order valence-electron chi connectivity index (χ1n) is 5.79. The van der Waals surface area contributed by atoms with Crippen LogP contribution >= 0.6 is 0 Å². The first-order valence-corrected chi connectivity index (χ1v) is 7.28. The molecule has 110 valence electrons. The van der Waals surface area contributed by atoms with Gasteiger partial charge in [-0.15, -0.1) is 0 Å². The van der Waals surface area contributed by atoms with E-state index in [9.17, 15) is 18.5 Å². The molecule has 1 heterocycles. The molecule has 21 heavy (non-hydrogen) atoms. The average molecular weight is 308 g/mol. The number of aromatic nitrogens is 1. The van der Waals surface area contributed by atoms with Crippen molar-refractivity contribution in [3.05, 3.63) is 52.2 Å². The number of sulfonamides is 1. The minimum absolute atomic E-state index is 0.00777. The normalized spacial score (nSPS) is 11.1. The molecule has 0 saturated heterocycles. The van der Waals surface area contributed by atoms with Crippen molar-refractivity contribution in [2.24, 2.45) is 0 Å². The molecule has 0 amide bonds. The zero-order chi connectivity index (χ0) is 15.6. The fourth-order valence-corrected chi connectivity index (χ4v) is 2.81. The molecular formula is C12H12N4O4S. The molecule has 0 saturated carbocycles. The van der Waals surface area contributed by atoms with Crippen molar-refractivity contribution in [2.75, 3.05) is 10.5 Å². The van der Waals surface area contributed by atoms with Crippen LogP contribution in [0.1, 0.15) is 5.56 Å². The van der Waals surface area contributed by atoms with Crippen LogP contribution in [0, 0.1) is 17.0 Å². The Labute approximate surface area is 120 Å². The highest BCUT2D eigenvalue weighted by molar-refractivity contribution is 7.92. The fourth-order valence-electron chi connectivity index (χ4n) is 1.70. The van der Waals surface area contributed by atoms with Gasteiger partial charge in [-0.1, -0.05) is 6.07 Å². The Balaban J connectivity index is 2.40. The van der Waals surface area contributed by atoms with Crippen LogP contribution in [0.3, 0.4) is 0 Å². The maximum absolute atomic E-state index is 12.2. The van der Waals surface area contributed by atoms with Crippen molar-refractivity contribution < 1.29 is 13.3 Å². The summed E-state index contributed by atoms with van der Waals surface area (Å²) in [6.07, 6.45) is 1.29. The molecule has 0 unspecified atom stereocenters. The number of nitro benzene ring substituents is 1. The quantitative estimate of drug-likeness (QED) is 0.653. The Morgan fingerprint density at radius 2 is 2.05 bits per heavy atom. The van der Waals surface area contributed by atoms with Crippen LogP contribution in [-0.2, 0) is 10.0 Å². The average Bonchev–Trinajstić information content (AvgIpc) is 2.40. The van der Waals surface area contributed by atoms with E-state index in [1.807, 2.05) is 0 Å². The smallest absolute Gasteiger partial charge is 0.281 e. The minimum atomic E-state index is -4.01. The third-order valence-corrected chi connectivity index (χ3v) is 4.07. The minimum Gasteiger partial charge on any atom is -0.396 e. The van der Waals surface area contributed by atoms with Crippen molar-refractivity contribution in [3.63, 3.8) is 0 Å². The Hall–Kier alpha value is -2.68. The second-order valence-electron chi connectivity index (χ2n) is 4.26. The SMILES string of the molecule is Cc1ccc(NS(=O)(=O)c2ncccc2N)cc1[N+](=O)[O-]. The highest BCUT2D eigenvalue weighted by atomic mass is 32.2. The second-order valence-corrected chi connectivity index (χ2v) is 5.86. The number of nitrogens with two attached hydrogens (primary N) is 1. The zero-order valence-corrected chi connectivity index (χ0v) is 11.8. The van der Waals surface area contributed by atoms with Gasteiger partial charge in [0.25, 0.3) is 15.7 Å². The van der Waals surface area contributed by atoms with Crippen molar-refractivity contribution in [3.8, 4) is 0 Å². The molecule has 1 aromatic carbocycles. The molecule has 0 aliphatic heterocycles. The van der Waals surface area contributed by atoms with Gasteiger partial charge in [0, 0.05) is 17.8 Å². The van der Waals surface area contributed by atoms with Gasteiger partial charge >= 0.3 is 0 Å². The molecule has 9 heteroatoms. The van der Waals surface area contributed by atoms with Crippen LogP contribution in [-0.4, -0.2) is 18.3 Å². The van der Waals surface area contributed by atoms with E-state index in [0.717, 1.165) is 6.07 Å². The van der Waals surface area contributed by atoms with E-state index in [-0.39, 0.29) is 22.1 Å². The largest absolute Gasteiger partial charge is 0.396 e. The van der Waals surface area contributed by atoms with E-state index < -0.39 is 14.9 Å². The summed E-state index contributed by atoms with van der Waals surface area (Å²) in [5.41, 5.74) is 5.89. The zero-order valence-electron chi connectivity index (χ0n) is 11.0. The summed E-state index contributed by atoms with van der Waals surface area (Å²) in [7, 11) is -4.01. The molecule has 0 bridgehead atoms. The molecular weight excluding hydrogens is 296 g/mol. The number of nitrogens with zero attached hydrogens (tertiary/aromatic N) is 2. The van der Waals surface area contributed by atoms with Gasteiger partial charge in [-0.25, -0.2) is 4.98 Å². The molecule has 0 aliphatic carbocycles. The summed E-state index contributed by atoms with van der Waals surface area (Å²) >= 11 is 0. The van der Waals surface area contributed by atoms with Crippen LogP contribution < -0.4 is 10.5 Å². The van der Waals surface area contributed by atoms with E-state index in [1.54, 1.807) is 6.92 Å². The number of hydrogen-bond donors (Lipinski definition) is 2. The lowest BCUT2D eigenvalue weighted by atomic mass is 10.2. The standard InChI is InChI=1S/C12H12N4O4S/c1-8-4-5-9(7-11(8)16(17)18)15-21(19,20)12-10(13)3-2-6-14-12/h2-7,15H,13H2,1H3. The summed E-state index contributed by atoms with van der Waals surface area (Å²) in [5, 5.41) is 10.5. The summed E-state index contributed by atoms with van der Waals surface area (Å²) < 4.78 is 26.6. The molecule has 2 rings (SSSR count). The van der Waals surface area contributed by atoms with E-state index in [0.29, 0.717) is 5.56 Å². The van der Waals surface area contributed by atoms with E-state index in [2.05, 4.69) is 9.71 Å². The predicted molar refractivity (Wildman–Crippen MR) is 77.3 cm³/mol. The van der Waals surface area contributed by atoms with Crippen molar-refractivity contribution in [1.29, 1.82) is 0 Å². The number of nitrogen functional groups attached to an aromatic ring is 1. The van der Waals surface area contributed by atoms with E-state index in [1.165, 1.54) is 30.5 Å². The molecule has 3 N–H and O–H groups in total. The fraction of sp³-hybridized carbons (Fsp3) is 0.0833. The number of aryl methyl sites for hydroxylation is 1. The summed E-state index contributed by atoms with van der Waals surface area (Å²) in [4.78, 5) is 14.0. The van der Waals surface area contributed by atoms with Gasteiger partial charge in [-0.05, 0) is 25.1 Å². The number of hydrogen-bond acceptors (Lipinski definition) is 6. The number of rotatable bonds is 4. The van der Waals surface area contributed by atoms with Crippen molar-refractivity contribution in [1.82, 2.24) is 4.98 Å². The van der Waals surface area contributed by atoms with Crippen LogP contribution in [0.25, 0.3) is 0 Å². The van der Waals surface area contributed by atoms with Gasteiger partial charge in [0.1, 0.15) is 0 Å². The van der Waals surface area contributed by atoms with Gasteiger partial charge in [0.15, 0.2) is 5.03 Å². The lowest BCUT2D eigenvalue weighted by Crippen LogP contribution is -2.16. The highest BCUT2D eigenvalue weighted by Crippen LogP contribution is 2.25. The van der Waals surface area contributed by atoms with Crippen LogP contribution in [0.2, 0.25) is 0 Å². The molecule has 1 aromatic heterocycles. The number of nitrogens with one attached hydrogen (secondary N) is 1. The van der Waals surface area contributed by atoms with Gasteiger partial charge in [0.2, 0.25) is 0 Å². The maximum atomic E-state index is 12.2. The van der Waals surface area contributed by atoms with Gasteiger partial charge in [0.05, 0.1) is 16.3 Å². The maximum Gasteiger partial charge on any atom is 0.281 e. The van der Waals surface area contributed by atoms with Crippen LogP contribution in [0.5, 0.6) is 0 Å². The molecule has 0 atom stereocenters.